The Morgan fingerprint density at radius 1 is 1.29 bits per heavy atom. The SMILES string of the molecule is COc1cc(NC/C=C/C(=O)O)cc(OC)c1. The summed E-state index contributed by atoms with van der Waals surface area (Å²) in [5.74, 6) is 0.387. The van der Waals surface area contributed by atoms with Gasteiger partial charge in [-0.2, -0.15) is 0 Å². The molecule has 0 saturated carbocycles. The van der Waals surface area contributed by atoms with E-state index in [-0.39, 0.29) is 0 Å². The molecule has 0 atom stereocenters. The smallest absolute Gasteiger partial charge is 0.328 e. The quantitative estimate of drug-likeness (QED) is 0.738. The Hall–Kier alpha value is -2.17. The van der Waals surface area contributed by atoms with Crippen LogP contribution < -0.4 is 14.8 Å². The summed E-state index contributed by atoms with van der Waals surface area (Å²) in [6.45, 7) is 0.419. The van der Waals surface area contributed by atoms with Gasteiger partial charge in [0, 0.05) is 36.5 Å². The zero-order valence-electron chi connectivity index (χ0n) is 9.77. The summed E-state index contributed by atoms with van der Waals surface area (Å²) in [4.78, 5) is 10.3. The van der Waals surface area contributed by atoms with Gasteiger partial charge < -0.3 is 19.9 Å². The molecule has 1 rings (SSSR count). The Morgan fingerprint density at radius 3 is 2.35 bits per heavy atom. The number of nitrogens with one attached hydrogen (secondary N) is 1. The molecule has 0 aromatic heterocycles. The van der Waals surface area contributed by atoms with Crippen LogP contribution in [0.2, 0.25) is 0 Å². The van der Waals surface area contributed by atoms with E-state index in [4.69, 9.17) is 14.6 Å². The minimum atomic E-state index is -0.963. The van der Waals surface area contributed by atoms with Crippen LogP contribution in [0, 0.1) is 0 Å². The Labute approximate surface area is 99.7 Å². The van der Waals surface area contributed by atoms with E-state index in [0.717, 1.165) is 11.8 Å². The predicted octanol–water partition coefficient (Wildman–Crippen LogP) is 1.76. The maximum Gasteiger partial charge on any atom is 0.328 e. The maximum atomic E-state index is 10.3. The number of carboxylic acid groups (broad SMARTS) is 1. The molecule has 17 heavy (non-hydrogen) atoms. The van der Waals surface area contributed by atoms with Crippen molar-refractivity contribution in [1.82, 2.24) is 0 Å². The van der Waals surface area contributed by atoms with E-state index in [0.29, 0.717) is 18.0 Å². The van der Waals surface area contributed by atoms with E-state index in [2.05, 4.69) is 5.32 Å². The summed E-state index contributed by atoms with van der Waals surface area (Å²) in [5, 5.41) is 11.5. The minimum Gasteiger partial charge on any atom is -0.497 e. The third-order valence-electron chi connectivity index (χ3n) is 2.04. The summed E-state index contributed by atoms with van der Waals surface area (Å²) < 4.78 is 10.2. The standard InChI is InChI=1S/C12H15NO4/c1-16-10-6-9(7-11(8-10)17-2)13-5-3-4-12(14)15/h3-4,6-8,13H,5H2,1-2H3,(H,14,15)/b4-3+. The van der Waals surface area contributed by atoms with E-state index in [1.807, 2.05) is 0 Å². The number of methoxy groups -OCH3 is 2. The van der Waals surface area contributed by atoms with Gasteiger partial charge in [-0.05, 0) is 0 Å². The lowest BCUT2D eigenvalue weighted by Gasteiger charge is -2.09. The highest BCUT2D eigenvalue weighted by atomic mass is 16.5. The van der Waals surface area contributed by atoms with Crippen molar-refractivity contribution in [2.45, 2.75) is 0 Å². The van der Waals surface area contributed by atoms with Crippen LogP contribution in [0.25, 0.3) is 0 Å². The second-order valence-electron chi connectivity index (χ2n) is 3.22. The monoisotopic (exact) mass is 237 g/mol. The summed E-state index contributed by atoms with van der Waals surface area (Å²) in [6, 6.07) is 5.37. The van der Waals surface area contributed by atoms with Gasteiger partial charge in [-0.15, -0.1) is 0 Å². The van der Waals surface area contributed by atoms with Gasteiger partial charge in [-0.25, -0.2) is 4.79 Å². The van der Waals surface area contributed by atoms with Gasteiger partial charge in [0.15, 0.2) is 0 Å². The van der Waals surface area contributed by atoms with Crippen molar-refractivity contribution < 1.29 is 19.4 Å². The molecule has 1 aromatic rings. The molecule has 0 bridgehead atoms. The number of carbonyl (C=O) groups is 1. The van der Waals surface area contributed by atoms with Gasteiger partial charge >= 0.3 is 5.97 Å². The van der Waals surface area contributed by atoms with Crippen LogP contribution >= 0.6 is 0 Å². The van der Waals surface area contributed by atoms with E-state index >= 15 is 0 Å². The number of rotatable bonds is 6. The topological polar surface area (TPSA) is 67.8 Å². The molecule has 0 heterocycles. The molecule has 2 N–H and O–H groups in total. The molecular weight excluding hydrogens is 222 g/mol. The molecule has 5 nitrogen and oxygen atoms in total. The van der Waals surface area contributed by atoms with Crippen molar-refractivity contribution >= 4 is 11.7 Å². The Balaban J connectivity index is 2.66. The molecule has 0 radical (unpaired) electrons. The normalized spacial score (nSPS) is 10.2. The van der Waals surface area contributed by atoms with Gasteiger partial charge in [0.2, 0.25) is 0 Å². The fourth-order valence-corrected chi connectivity index (χ4v) is 1.25. The highest BCUT2D eigenvalue weighted by molar-refractivity contribution is 5.79. The first-order valence-corrected chi connectivity index (χ1v) is 5.02. The Bertz CT molecular complexity index is 393. The molecule has 0 fully saturated rings. The van der Waals surface area contributed by atoms with Gasteiger partial charge in [-0.1, -0.05) is 6.08 Å². The number of hydrogen-bond donors (Lipinski definition) is 2. The average molecular weight is 237 g/mol. The van der Waals surface area contributed by atoms with Crippen molar-refractivity contribution in [3.63, 3.8) is 0 Å². The van der Waals surface area contributed by atoms with E-state index < -0.39 is 5.97 Å². The van der Waals surface area contributed by atoms with Gasteiger partial charge in [0.25, 0.3) is 0 Å². The molecule has 0 aliphatic rings. The van der Waals surface area contributed by atoms with Crippen LogP contribution in [0.15, 0.2) is 30.4 Å². The Kier molecular flexibility index (Phi) is 4.87. The third kappa shape index (κ3) is 4.46. The average Bonchev–Trinajstić information content (AvgIpc) is 2.34. The van der Waals surface area contributed by atoms with Crippen LogP contribution in [0.3, 0.4) is 0 Å². The summed E-state index contributed by atoms with van der Waals surface area (Å²) >= 11 is 0. The molecule has 1 aromatic carbocycles. The number of benzene rings is 1. The highest BCUT2D eigenvalue weighted by Crippen LogP contribution is 2.25. The molecule has 0 aliphatic heterocycles. The van der Waals surface area contributed by atoms with Crippen molar-refractivity contribution in [2.24, 2.45) is 0 Å². The van der Waals surface area contributed by atoms with Gasteiger partial charge in [-0.3, -0.25) is 0 Å². The maximum absolute atomic E-state index is 10.3. The number of carboxylic acids is 1. The van der Waals surface area contributed by atoms with Crippen molar-refractivity contribution in [3.05, 3.63) is 30.4 Å². The minimum absolute atomic E-state index is 0.419. The lowest BCUT2D eigenvalue weighted by atomic mass is 10.2. The number of hydrogen-bond acceptors (Lipinski definition) is 4. The number of aliphatic carboxylic acids is 1. The van der Waals surface area contributed by atoms with E-state index in [9.17, 15) is 4.79 Å². The number of ether oxygens (including phenoxy) is 2. The lowest BCUT2D eigenvalue weighted by molar-refractivity contribution is -0.131. The molecule has 0 saturated heterocycles. The largest absolute Gasteiger partial charge is 0.497 e. The molecule has 0 amide bonds. The zero-order valence-corrected chi connectivity index (χ0v) is 9.77. The summed E-state index contributed by atoms with van der Waals surface area (Å²) in [7, 11) is 3.14. The first-order chi connectivity index (χ1) is 8.15. The summed E-state index contributed by atoms with van der Waals surface area (Å²) in [5.41, 5.74) is 0.802. The molecule has 0 unspecified atom stereocenters. The first kappa shape index (κ1) is 12.9. The summed E-state index contributed by atoms with van der Waals surface area (Å²) in [6.07, 6.45) is 2.61. The molecule has 92 valence electrons. The van der Waals surface area contributed by atoms with Gasteiger partial charge in [0.1, 0.15) is 11.5 Å². The van der Waals surface area contributed by atoms with E-state index in [1.54, 1.807) is 32.4 Å². The second-order valence-corrected chi connectivity index (χ2v) is 3.22. The molecular formula is C12H15NO4. The molecule has 0 aliphatic carbocycles. The van der Waals surface area contributed by atoms with Crippen LogP contribution in [0.4, 0.5) is 5.69 Å². The second kappa shape index (κ2) is 6.42. The van der Waals surface area contributed by atoms with Crippen LogP contribution in [-0.2, 0) is 4.79 Å². The number of anilines is 1. The van der Waals surface area contributed by atoms with Crippen LogP contribution in [0.5, 0.6) is 11.5 Å². The van der Waals surface area contributed by atoms with Crippen molar-refractivity contribution in [2.75, 3.05) is 26.1 Å². The van der Waals surface area contributed by atoms with Crippen LogP contribution in [-0.4, -0.2) is 31.8 Å². The van der Waals surface area contributed by atoms with E-state index in [1.165, 1.54) is 6.08 Å². The van der Waals surface area contributed by atoms with Crippen LogP contribution in [0.1, 0.15) is 0 Å². The van der Waals surface area contributed by atoms with Crippen molar-refractivity contribution in [1.29, 1.82) is 0 Å². The fraction of sp³-hybridized carbons (Fsp3) is 0.250. The van der Waals surface area contributed by atoms with Crippen molar-refractivity contribution in [3.8, 4) is 11.5 Å². The zero-order chi connectivity index (χ0) is 12.7. The Morgan fingerprint density at radius 2 is 1.88 bits per heavy atom. The molecule has 0 spiro atoms. The lowest BCUT2D eigenvalue weighted by Crippen LogP contribution is -2.00. The third-order valence-corrected chi connectivity index (χ3v) is 2.04. The highest BCUT2D eigenvalue weighted by Gasteiger charge is 2.00. The van der Waals surface area contributed by atoms with Gasteiger partial charge in [0.05, 0.1) is 14.2 Å². The fourth-order valence-electron chi connectivity index (χ4n) is 1.25. The molecule has 5 heteroatoms. The predicted molar refractivity (Wildman–Crippen MR) is 64.8 cm³/mol. The first-order valence-electron chi connectivity index (χ1n) is 5.02.